The van der Waals surface area contributed by atoms with Gasteiger partial charge in [-0.05, 0) is 65.9 Å². The Hall–Kier alpha value is -4.13. The van der Waals surface area contributed by atoms with Gasteiger partial charge in [-0.3, -0.25) is 4.79 Å². The zero-order valence-electron chi connectivity index (χ0n) is 20.0. The van der Waals surface area contributed by atoms with Crippen molar-refractivity contribution in [2.75, 3.05) is 26.2 Å². The molecule has 1 amide bonds. The van der Waals surface area contributed by atoms with E-state index in [-0.39, 0.29) is 24.0 Å². The van der Waals surface area contributed by atoms with E-state index in [1.165, 1.54) is 10.5 Å². The van der Waals surface area contributed by atoms with E-state index in [2.05, 4.69) is 10.9 Å². The molecule has 0 bridgehead atoms. The van der Waals surface area contributed by atoms with Crippen LogP contribution in [0.15, 0.2) is 66.0 Å². The van der Waals surface area contributed by atoms with Gasteiger partial charge in [-0.15, -0.1) is 6.42 Å². The number of H-pyrrole nitrogens is 1. The Morgan fingerprint density at radius 3 is 2.51 bits per heavy atom. The summed E-state index contributed by atoms with van der Waals surface area (Å²) in [6.07, 6.45) is 10.1. The molecule has 2 aromatic heterocycles. The highest BCUT2D eigenvalue weighted by Gasteiger charge is 2.32. The number of piperazine rings is 1. The van der Waals surface area contributed by atoms with Gasteiger partial charge < -0.3 is 15.1 Å². The molecule has 186 valence electrons. The molecule has 1 saturated heterocycles. The summed E-state index contributed by atoms with van der Waals surface area (Å²) in [5.41, 5.74) is 6.13. The molecule has 3 heterocycles. The smallest absolute Gasteiger partial charge is 0.258 e. The van der Waals surface area contributed by atoms with Crippen molar-refractivity contribution < 1.29 is 17.9 Å². The van der Waals surface area contributed by atoms with Crippen molar-refractivity contribution in [1.29, 1.82) is 0 Å². The Morgan fingerprint density at radius 2 is 1.73 bits per heavy atom. The van der Waals surface area contributed by atoms with E-state index < -0.39 is 10.0 Å². The van der Waals surface area contributed by atoms with Crippen LogP contribution in [0.1, 0.15) is 27.0 Å². The fraction of sp³-hybridized carbons (Fsp3) is 0.214. The van der Waals surface area contributed by atoms with Gasteiger partial charge in [0.15, 0.2) is 12.4 Å². The second-order valence-electron chi connectivity index (χ2n) is 9.39. The lowest BCUT2D eigenvalue weighted by Gasteiger charge is -2.34. The van der Waals surface area contributed by atoms with Crippen LogP contribution >= 0.6 is 0 Å². The van der Waals surface area contributed by atoms with Crippen LogP contribution in [-0.2, 0) is 22.9 Å². The zero-order valence-corrected chi connectivity index (χ0v) is 20.8. The minimum atomic E-state index is -3.74. The lowest BCUT2D eigenvalue weighted by atomic mass is 9.86. The Labute approximate surface area is 214 Å². The molecule has 0 atom stereocenters. The van der Waals surface area contributed by atoms with Gasteiger partial charge in [0.05, 0.1) is 0 Å². The summed E-state index contributed by atoms with van der Waals surface area (Å²) in [5.74, 6) is 2.45. The molecular formula is C28H24N4O4S. The molecule has 0 unspecified atom stereocenters. The van der Waals surface area contributed by atoms with Gasteiger partial charge in [0.2, 0.25) is 0 Å². The minimum absolute atomic E-state index is 0.108. The molecule has 2 aromatic carbocycles. The number of terminal acetylenes is 1. The lowest BCUT2D eigenvalue weighted by molar-refractivity contribution is -0.605. The van der Waals surface area contributed by atoms with Gasteiger partial charge in [-0.25, -0.2) is 8.42 Å². The zero-order chi connectivity index (χ0) is 25.7. The van der Waals surface area contributed by atoms with E-state index >= 15 is 0 Å². The van der Waals surface area contributed by atoms with Crippen molar-refractivity contribution in [3.63, 3.8) is 0 Å². The summed E-state index contributed by atoms with van der Waals surface area (Å²) in [7, 11) is -3.74. The van der Waals surface area contributed by atoms with E-state index in [0.717, 1.165) is 45.2 Å². The fourth-order valence-electron chi connectivity index (χ4n) is 5.24. The minimum Gasteiger partial charge on any atom is -0.619 e. The Balaban J connectivity index is 1.17. The topological polar surface area (TPSA) is 100 Å². The number of aromatic amines is 1. The maximum absolute atomic E-state index is 13.3. The highest BCUT2D eigenvalue weighted by Crippen LogP contribution is 2.33. The van der Waals surface area contributed by atoms with Crippen molar-refractivity contribution in [1.82, 2.24) is 14.2 Å². The molecule has 2 aliphatic rings. The Morgan fingerprint density at radius 1 is 0.973 bits per heavy atom. The number of aromatic nitrogens is 2. The lowest BCUT2D eigenvalue weighted by Crippen LogP contribution is -2.50. The molecular weight excluding hydrogens is 488 g/mol. The van der Waals surface area contributed by atoms with Crippen LogP contribution in [-0.4, -0.2) is 54.7 Å². The van der Waals surface area contributed by atoms with Crippen LogP contribution in [0.2, 0.25) is 0 Å². The van der Waals surface area contributed by atoms with Crippen LogP contribution in [0.3, 0.4) is 0 Å². The standard InChI is InChI=1S/C28H24N4O4S/c1-2-19-3-8-26-23(15-19)17-27(29-26)37(35,36)32-13-11-30(12-14-32)28(33)21-6-7-24-20(16-21)4-5-22-18-31(34)10-9-25(22)24/h1,3,6-10,15-18,29H,4-5,11-14H2. The number of sulfonamides is 1. The molecule has 4 aromatic rings. The molecule has 1 aliphatic heterocycles. The largest absolute Gasteiger partial charge is 0.619 e. The van der Waals surface area contributed by atoms with Crippen molar-refractivity contribution in [3.05, 3.63) is 88.4 Å². The Kier molecular flexibility index (Phi) is 5.51. The molecule has 9 heteroatoms. The van der Waals surface area contributed by atoms with Gasteiger partial charge in [0.25, 0.3) is 15.9 Å². The normalized spacial score (nSPS) is 15.7. The molecule has 1 aliphatic carbocycles. The first-order chi connectivity index (χ1) is 17.8. The van der Waals surface area contributed by atoms with Crippen LogP contribution < -0.4 is 4.73 Å². The number of carbonyl (C=O) groups excluding carboxylic acids is 1. The third-order valence-electron chi connectivity index (χ3n) is 7.23. The first kappa shape index (κ1) is 23.3. The second-order valence-corrected chi connectivity index (χ2v) is 11.3. The quantitative estimate of drug-likeness (QED) is 0.259. The predicted molar refractivity (Wildman–Crippen MR) is 139 cm³/mol. The van der Waals surface area contributed by atoms with E-state index in [4.69, 9.17) is 6.42 Å². The van der Waals surface area contributed by atoms with E-state index in [9.17, 15) is 18.4 Å². The summed E-state index contributed by atoms with van der Waals surface area (Å²) in [6, 6.07) is 14.4. The summed E-state index contributed by atoms with van der Waals surface area (Å²) in [6.45, 7) is 1.05. The van der Waals surface area contributed by atoms with Crippen molar-refractivity contribution in [3.8, 4) is 23.5 Å². The van der Waals surface area contributed by atoms with Gasteiger partial charge in [-0.2, -0.15) is 9.04 Å². The van der Waals surface area contributed by atoms with Gasteiger partial charge >= 0.3 is 0 Å². The number of nitrogens with zero attached hydrogens (tertiary/aromatic N) is 3. The maximum Gasteiger partial charge on any atom is 0.258 e. The first-order valence-electron chi connectivity index (χ1n) is 12.1. The van der Waals surface area contributed by atoms with Crippen molar-refractivity contribution in [2.45, 2.75) is 17.9 Å². The SMILES string of the molecule is C#Cc1ccc2[nH]c(S(=O)(=O)N3CCN(C(=O)c4ccc5c(c4)CCc4c[n+]([O-])ccc4-5)CC3)cc2c1. The molecule has 0 spiro atoms. The third kappa shape index (κ3) is 4.04. The van der Waals surface area contributed by atoms with Crippen molar-refractivity contribution >= 4 is 26.8 Å². The number of fused-ring (bicyclic) bond motifs is 4. The summed E-state index contributed by atoms with van der Waals surface area (Å²) < 4.78 is 28.8. The van der Waals surface area contributed by atoms with Crippen LogP contribution in [0.4, 0.5) is 0 Å². The maximum atomic E-state index is 13.3. The molecule has 37 heavy (non-hydrogen) atoms. The molecule has 1 fully saturated rings. The van der Waals surface area contributed by atoms with E-state index in [0.29, 0.717) is 29.7 Å². The summed E-state index contributed by atoms with van der Waals surface area (Å²) in [5, 5.41) is 12.5. The molecule has 1 N–H and O–H groups in total. The monoisotopic (exact) mass is 512 g/mol. The summed E-state index contributed by atoms with van der Waals surface area (Å²) >= 11 is 0. The van der Waals surface area contributed by atoms with E-state index in [1.54, 1.807) is 35.4 Å². The molecule has 0 radical (unpaired) electrons. The number of nitrogens with one attached hydrogen (secondary N) is 1. The van der Waals surface area contributed by atoms with Gasteiger partial charge in [0.1, 0.15) is 5.03 Å². The number of hydrogen-bond acceptors (Lipinski definition) is 4. The number of pyridine rings is 1. The number of benzene rings is 2. The summed E-state index contributed by atoms with van der Waals surface area (Å²) in [4.78, 5) is 18.0. The van der Waals surface area contributed by atoms with Gasteiger partial charge in [0, 0.05) is 59.8 Å². The number of aryl methyl sites for hydroxylation is 2. The number of carbonyl (C=O) groups is 1. The first-order valence-corrected chi connectivity index (χ1v) is 13.5. The van der Waals surface area contributed by atoms with E-state index in [1.807, 2.05) is 24.3 Å². The highest BCUT2D eigenvalue weighted by molar-refractivity contribution is 7.89. The number of amides is 1. The molecule has 8 nitrogen and oxygen atoms in total. The third-order valence-corrected chi connectivity index (χ3v) is 9.05. The average molecular weight is 513 g/mol. The van der Waals surface area contributed by atoms with Crippen LogP contribution in [0.5, 0.6) is 0 Å². The average Bonchev–Trinajstić information content (AvgIpc) is 3.36. The number of hydrogen-bond donors (Lipinski definition) is 1. The number of rotatable bonds is 3. The fourth-order valence-corrected chi connectivity index (χ4v) is 6.67. The van der Waals surface area contributed by atoms with Crippen LogP contribution in [0, 0.1) is 17.6 Å². The molecule has 6 rings (SSSR count). The van der Waals surface area contributed by atoms with Gasteiger partial charge in [-0.1, -0.05) is 12.0 Å². The second kappa shape index (κ2) is 8.76. The molecule has 0 saturated carbocycles. The predicted octanol–water partition coefficient (Wildman–Crippen LogP) is 2.69. The van der Waals surface area contributed by atoms with Crippen molar-refractivity contribution in [2.24, 2.45) is 0 Å². The Bertz CT molecular complexity index is 1710. The highest BCUT2D eigenvalue weighted by atomic mass is 32.2. The van der Waals surface area contributed by atoms with Crippen LogP contribution in [0.25, 0.3) is 22.0 Å².